The van der Waals surface area contributed by atoms with Crippen LogP contribution in [0.1, 0.15) is 31.4 Å². The van der Waals surface area contributed by atoms with E-state index in [0.29, 0.717) is 11.3 Å². The highest BCUT2D eigenvalue weighted by atomic mass is 16.5. The normalized spacial score (nSPS) is 11.9. The molecule has 4 N–H and O–H groups in total. The summed E-state index contributed by atoms with van der Waals surface area (Å²) in [5.74, 6) is 0.968. The van der Waals surface area contributed by atoms with Gasteiger partial charge in [-0.15, -0.1) is 0 Å². The zero-order valence-electron chi connectivity index (χ0n) is 17.8. The molecule has 0 fully saturated rings. The summed E-state index contributed by atoms with van der Waals surface area (Å²) in [5.41, 5.74) is 5.28. The van der Waals surface area contributed by atoms with Crippen molar-refractivity contribution in [1.82, 2.24) is 10.3 Å². The first-order chi connectivity index (χ1) is 14.5. The Balaban J connectivity index is 2.17. The van der Waals surface area contributed by atoms with Crippen LogP contribution in [0.25, 0.3) is 22.0 Å². The van der Waals surface area contributed by atoms with Crippen LogP contribution in [0, 0.1) is 5.41 Å². The number of ether oxygens (including phenoxy) is 1. The number of aliphatic imine (C=N–C) groups is 1. The summed E-state index contributed by atoms with van der Waals surface area (Å²) in [5, 5.41) is 22.2. The minimum absolute atomic E-state index is 0.0441. The van der Waals surface area contributed by atoms with E-state index in [0.717, 1.165) is 40.6 Å². The Labute approximate surface area is 176 Å². The number of hydrogen-bond acceptors (Lipinski definition) is 4. The van der Waals surface area contributed by atoms with Crippen molar-refractivity contribution >= 4 is 22.5 Å². The molecule has 0 atom stereocenters. The maximum absolute atomic E-state index is 10.5. The predicted octanol–water partition coefficient (Wildman–Crippen LogP) is 5.02. The zero-order chi connectivity index (χ0) is 21.7. The highest BCUT2D eigenvalue weighted by molar-refractivity contribution is 6.16. The molecule has 0 radical (unpaired) electrons. The molecule has 0 saturated carbocycles. The number of rotatable bonds is 7. The average Bonchev–Trinajstić information content (AvgIpc) is 3.07. The van der Waals surface area contributed by atoms with E-state index < -0.39 is 0 Å². The quantitative estimate of drug-likeness (QED) is 0.329. The Morgan fingerprint density at radius 3 is 2.80 bits per heavy atom. The van der Waals surface area contributed by atoms with Gasteiger partial charge in [-0.2, -0.15) is 0 Å². The fourth-order valence-corrected chi connectivity index (χ4v) is 3.69. The number of H-pyrrole nitrogens is 1. The molecule has 0 aliphatic carbocycles. The minimum Gasteiger partial charge on any atom is -0.496 e. The van der Waals surface area contributed by atoms with Crippen LogP contribution < -0.4 is 10.1 Å². The molecule has 1 aromatic heterocycles. The maximum Gasteiger partial charge on any atom is 0.198 e. The van der Waals surface area contributed by atoms with E-state index in [1.807, 2.05) is 30.3 Å². The second-order valence-electron chi connectivity index (χ2n) is 7.06. The average molecular weight is 405 g/mol. The third-order valence-corrected chi connectivity index (χ3v) is 4.98. The lowest BCUT2D eigenvalue weighted by atomic mass is 9.94. The number of aromatic amines is 1. The van der Waals surface area contributed by atoms with Gasteiger partial charge in [-0.1, -0.05) is 31.5 Å². The van der Waals surface area contributed by atoms with Gasteiger partial charge in [0.25, 0.3) is 0 Å². The first-order valence-electron chi connectivity index (χ1n) is 9.99. The minimum atomic E-state index is 0.0441. The van der Waals surface area contributed by atoms with E-state index in [4.69, 9.17) is 10.1 Å². The zero-order valence-corrected chi connectivity index (χ0v) is 17.8. The SMILES string of the molecule is CCCc1cccc(OC)c1-c1ccc2[nH]c(O)c(C(C)=NC(=N)/C=C\NC)c2c1. The van der Waals surface area contributed by atoms with Gasteiger partial charge in [-0.05, 0) is 54.9 Å². The number of hydrogen-bond donors (Lipinski definition) is 4. The Morgan fingerprint density at radius 2 is 2.10 bits per heavy atom. The van der Waals surface area contributed by atoms with E-state index in [1.54, 1.807) is 33.4 Å². The predicted molar refractivity (Wildman–Crippen MR) is 124 cm³/mol. The smallest absolute Gasteiger partial charge is 0.198 e. The van der Waals surface area contributed by atoms with E-state index in [9.17, 15) is 5.11 Å². The monoisotopic (exact) mass is 404 g/mol. The standard InChI is InChI=1S/C24H28N4O2/c1-5-7-16-8-6-9-20(30-4)23(16)17-10-11-19-18(14-17)22(24(29)28-19)15(2)27-21(25)12-13-26-3/h6,8-14,25-26,28-29H,5,7H2,1-4H3/b13-12-,25-21?,27-15?. The number of methoxy groups -OCH3 is 1. The van der Waals surface area contributed by atoms with E-state index in [2.05, 4.69) is 28.3 Å². The lowest BCUT2D eigenvalue weighted by Crippen LogP contribution is -2.00. The van der Waals surface area contributed by atoms with Crippen LogP contribution in [0.3, 0.4) is 0 Å². The van der Waals surface area contributed by atoms with Crippen LogP contribution in [0.2, 0.25) is 0 Å². The highest BCUT2D eigenvalue weighted by Crippen LogP contribution is 2.37. The second kappa shape index (κ2) is 9.31. The molecule has 0 saturated heterocycles. The third kappa shape index (κ3) is 4.22. The summed E-state index contributed by atoms with van der Waals surface area (Å²) in [6, 6.07) is 12.1. The maximum atomic E-state index is 10.5. The Bertz CT molecular complexity index is 1130. The van der Waals surface area contributed by atoms with Gasteiger partial charge in [0.05, 0.1) is 18.4 Å². The van der Waals surface area contributed by atoms with Crippen molar-refractivity contribution in [1.29, 1.82) is 5.41 Å². The van der Waals surface area contributed by atoms with Crippen molar-refractivity contribution in [3.63, 3.8) is 0 Å². The molecule has 0 spiro atoms. The third-order valence-electron chi connectivity index (χ3n) is 4.98. The van der Waals surface area contributed by atoms with Crippen LogP contribution in [-0.4, -0.2) is 35.8 Å². The molecule has 0 unspecified atom stereocenters. The molecule has 0 aliphatic rings. The van der Waals surface area contributed by atoms with Crippen molar-refractivity contribution < 1.29 is 9.84 Å². The summed E-state index contributed by atoms with van der Waals surface area (Å²) in [6.45, 7) is 3.95. The van der Waals surface area contributed by atoms with Crippen molar-refractivity contribution in [2.24, 2.45) is 4.99 Å². The topological polar surface area (TPSA) is 93.5 Å². The number of fused-ring (bicyclic) bond motifs is 1. The molecule has 1 heterocycles. The highest BCUT2D eigenvalue weighted by Gasteiger charge is 2.17. The van der Waals surface area contributed by atoms with Crippen LogP contribution in [-0.2, 0) is 6.42 Å². The number of nitrogens with one attached hydrogen (secondary N) is 3. The van der Waals surface area contributed by atoms with Gasteiger partial charge in [0, 0.05) is 23.5 Å². The van der Waals surface area contributed by atoms with Crippen molar-refractivity contribution in [3.05, 3.63) is 59.8 Å². The first kappa shape index (κ1) is 21.2. The number of aromatic hydroxyl groups is 1. The molecule has 0 amide bonds. The van der Waals surface area contributed by atoms with E-state index >= 15 is 0 Å². The fraction of sp³-hybridized carbons (Fsp3) is 0.250. The van der Waals surface area contributed by atoms with Gasteiger partial charge in [-0.25, -0.2) is 4.99 Å². The molecule has 156 valence electrons. The molecule has 3 aromatic rings. The van der Waals surface area contributed by atoms with Gasteiger partial charge in [-0.3, -0.25) is 5.41 Å². The number of amidine groups is 1. The Morgan fingerprint density at radius 1 is 1.30 bits per heavy atom. The van der Waals surface area contributed by atoms with Gasteiger partial charge in [0.2, 0.25) is 0 Å². The lowest BCUT2D eigenvalue weighted by molar-refractivity contribution is 0.416. The first-order valence-corrected chi connectivity index (χ1v) is 9.99. The second-order valence-corrected chi connectivity index (χ2v) is 7.06. The van der Waals surface area contributed by atoms with Crippen LogP contribution in [0.5, 0.6) is 11.6 Å². The van der Waals surface area contributed by atoms with Gasteiger partial charge in [0.1, 0.15) is 11.6 Å². The summed E-state index contributed by atoms with van der Waals surface area (Å²) in [7, 11) is 3.44. The summed E-state index contributed by atoms with van der Waals surface area (Å²) < 4.78 is 5.65. The molecule has 6 nitrogen and oxygen atoms in total. The van der Waals surface area contributed by atoms with Crippen LogP contribution in [0.15, 0.2) is 53.7 Å². The number of aryl methyl sites for hydroxylation is 1. The number of aromatic nitrogens is 1. The molecule has 30 heavy (non-hydrogen) atoms. The molecular weight excluding hydrogens is 376 g/mol. The summed E-state index contributed by atoms with van der Waals surface area (Å²) in [4.78, 5) is 7.33. The Hall–Kier alpha value is -3.54. The van der Waals surface area contributed by atoms with Crippen molar-refractivity contribution in [2.45, 2.75) is 26.7 Å². The summed E-state index contributed by atoms with van der Waals surface area (Å²) in [6.07, 6.45) is 5.19. The van der Waals surface area contributed by atoms with Gasteiger partial charge >= 0.3 is 0 Å². The largest absolute Gasteiger partial charge is 0.496 e. The molecule has 6 heteroatoms. The van der Waals surface area contributed by atoms with Gasteiger partial charge < -0.3 is 20.1 Å². The van der Waals surface area contributed by atoms with E-state index in [-0.39, 0.29) is 11.7 Å². The molecule has 3 rings (SSSR count). The molecular formula is C24H28N4O2. The lowest BCUT2D eigenvalue weighted by Gasteiger charge is -2.14. The van der Waals surface area contributed by atoms with Crippen molar-refractivity contribution in [2.75, 3.05) is 14.2 Å². The van der Waals surface area contributed by atoms with Gasteiger partial charge in [0.15, 0.2) is 5.88 Å². The van der Waals surface area contributed by atoms with Crippen LogP contribution >= 0.6 is 0 Å². The fourth-order valence-electron chi connectivity index (χ4n) is 3.69. The number of benzene rings is 2. The molecule has 2 aromatic carbocycles. The Kier molecular flexibility index (Phi) is 6.57. The van der Waals surface area contributed by atoms with E-state index in [1.165, 1.54) is 5.56 Å². The van der Waals surface area contributed by atoms with Crippen LogP contribution in [0.4, 0.5) is 0 Å². The molecule has 0 bridgehead atoms. The van der Waals surface area contributed by atoms with Crippen molar-refractivity contribution in [3.8, 4) is 22.8 Å². The summed E-state index contributed by atoms with van der Waals surface area (Å²) >= 11 is 0. The molecule has 0 aliphatic heterocycles. The number of nitrogens with zero attached hydrogens (tertiary/aromatic N) is 1.